The highest BCUT2D eigenvalue weighted by atomic mass is 32.2. The van der Waals surface area contributed by atoms with Crippen LogP contribution >= 0.6 is 24.0 Å². The fraction of sp³-hybridized carbons (Fsp3) is 0.100. The summed E-state index contributed by atoms with van der Waals surface area (Å²) >= 11 is 6.03. The Morgan fingerprint density at radius 3 is 2.59 bits per heavy atom. The lowest BCUT2D eigenvalue weighted by atomic mass is 10.2. The summed E-state index contributed by atoms with van der Waals surface area (Å²) in [4.78, 5) is 11.3. The minimum Gasteiger partial charge on any atom is -0.272 e. The van der Waals surface area contributed by atoms with Crippen molar-refractivity contribution in [2.45, 2.75) is 0 Å². The van der Waals surface area contributed by atoms with E-state index in [1.165, 1.54) is 6.07 Å². The van der Waals surface area contributed by atoms with Gasteiger partial charge in [0, 0.05) is 0 Å². The molecule has 1 aliphatic heterocycles. The van der Waals surface area contributed by atoms with Gasteiger partial charge in [0.15, 0.2) is 4.32 Å². The Morgan fingerprint density at radius 2 is 2.06 bits per heavy atom. The summed E-state index contributed by atoms with van der Waals surface area (Å²) in [6.07, 6.45) is 0.959. The quantitative estimate of drug-likeness (QED) is 0.611. The second-order valence-corrected chi connectivity index (χ2v) is 4.75. The van der Waals surface area contributed by atoms with Crippen LogP contribution in [0.2, 0.25) is 0 Å². The molecule has 0 radical (unpaired) electrons. The van der Waals surface area contributed by atoms with E-state index in [2.05, 4.69) is 5.10 Å². The predicted octanol–water partition coefficient (Wildman–Crippen LogP) is 2.16. The largest absolute Gasteiger partial charge is 0.272 e. The van der Waals surface area contributed by atoms with E-state index < -0.39 is 11.6 Å². The third-order valence-electron chi connectivity index (χ3n) is 2.03. The van der Waals surface area contributed by atoms with E-state index in [4.69, 9.17) is 12.2 Å². The molecule has 1 aromatic carbocycles. The lowest BCUT2D eigenvalue weighted by Gasteiger charge is -2.06. The molecule has 17 heavy (non-hydrogen) atoms. The molecule has 0 aliphatic carbocycles. The number of thiocarbonyl (C=S) groups is 1. The van der Waals surface area contributed by atoms with Crippen molar-refractivity contribution >= 4 is 40.4 Å². The zero-order valence-electron chi connectivity index (χ0n) is 8.39. The highest BCUT2D eigenvalue weighted by Crippen LogP contribution is 2.19. The normalized spacial score (nSPS) is 16.2. The van der Waals surface area contributed by atoms with Crippen molar-refractivity contribution in [1.29, 1.82) is 0 Å². The first-order valence-electron chi connectivity index (χ1n) is 4.57. The molecule has 0 bridgehead atoms. The van der Waals surface area contributed by atoms with Crippen LogP contribution < -0.4 is 0 Å². The van der Waals surface area contributed by atoms with Crippen molar-refractivity contribution < 1.29 is 13.6 Å². The van der Waals surface area contributed by atoms with Gasteiger partial charge in [-0.05, 0) is 12.1 Å². The van der Waals surface area contributed by atoms with Gasteiger partial charge in [0.05, 0.1) is 17.5 Å². The first-order valence-corrected chi connectivity index (χ1v) is 5.96. The van der Waals surface area contributed by atoms with Crippen molar-refractivity contribution in [1.82, 2.24) is 5.01 Å². The van der Waals surface area contributed by atoms with E-state index in [0.717, 1.165) is 35.1 Å². The lowest BCUT2D eigenvalue weighted by Crippen LogP contribution is -2.22. The second kappa shape index (κ2) is 4.89. The van der Waals surface area contributed by atoms with Crippen molar-refractivity contribution in [2.24, 2.45) is 5.10 Å². The van der Waals surface area contributed by atoms with Crippen LogP contribution in [0.4, 0.5) is 8.78 Å². The van der Waals surface area contributed by atoms with E-state index >= 15 is 0 Å². The van der Waals surface area contributed by atoms with Crippen LogP contribution in [0.25, 0.3) is 0 Å². The zero-order chi connectivity index (χ0) is 12.4. The number of hydrazone groups is 1. The summed E-state index contributed by atoms with van der Waals surface area (Å²) in [5, 5.41) is 4.66. The van der Waals surface area contributed by atoms with E-state index in [1.54, 1.807) is 0 Å². The number of nitrogens with zero attached hydrogens (tertiary/aromatic N) is 2. The lowest BCUT2D eigenvalue weighted by molar-refractivity contribution is -0.123. The van der Waals surface area contributed by atoms with Gasteiger partial charge in [0.1, 0.15) is 11.6 Å². The molecule has 0 spiro atoms. The van der Waals surface area contributed by atoms with Gasteiger partial charge in [-0.15, -0.1) is 0 Å². The minimum atomic E-state index is -0.737. The van der Waals surface area contributed by atoms with Crippen molar-refractivity contribution in [3.05, 3.63) is 35.4 Å². The number of thioether (sulfide) groups is 1. The Hall–Kier alpha value is -1.34. The van der Waals surface area contributed by atoms with Crippen LogP contribution in [0.3, 0.4) is 0 Å². The van der Waals surface area contributed by atoms with Crippen molar-refractivity contribution in [3.8, 4) is 0 Å². The SMILES string of the molecule is O=C1CSC(=S)N1/N=C\c1c(F)cccc1F. The molecule has 88 valence electrons. The molecule has 1 amide bonds. The van der Waals surface area contributed by atoms with E-state index in [1.807, 2.05) is 0 Å². The molecule has 2 rings (SSSR count). The molecular formula is C10H6F2N2OS2. The van der Waals surface area contributed by atoms with Crippen LogP contribution in [-0.2, 0) is 4.79 Å². The predicted molar refractivity (Wildman–Crippen MR) is 65.9 cm³/mol. The van der Waals surface area contributed by atoms with Crippen LogP contribution in [-0.4, -0.2) is 27.2 Å². The third kappa shape index (κ3) is 2.50. The standard InChI is InChI=1S/C10H6F2N2OS2/c11-7-2-1-3-8(12)6(7)4-13-14-9(15)5-17-10(14)16/h1-4H,5H2/b13-4-. The smallest absolute Gasteiger partial charge is 0.259 e. The Kier molecular flexibility index (Phi) is 3.49. The Morgan fingerprint density at radius 1 is 1.41 bits per heavy atom. The van der Waals surface area contributed by atoms with Gasteiger partial charge in [-0.3, -0.25) is 4.79 Å². The molecule has 1 aliphatic rings. The number of benzene rings is 1. The Balaban J connectivity index is 2.26. The number of amides is 1. The summed E-state index contributed by atoms with van der Waals surface area (Å²) in [6.45, 7) is 0. The fourth-order valence-corrected chi connectivity index (χ4v) is 2.17. The van der Waals surface area contributed by atoms with Crippen LogP contribution in [0.5, 0.6) is 0 Å². The first-order chi connectivity index (χ1) is 8.09. The van der Waals surface area contributed by atoms with Crippen LogP contribution in [0.1, 0.15) is 5.56 Å². The molecule has 0 aromatic heterocycles. The molecule has 0 saturated carbocycles. The van der Waals surface area contributed by atoms with Gasteiger partial charge in [0.25, 0.3) is 5.91 Å². The maximum absolute atomic E-state index is 13.2. The van der Waals surface area contributed by atoms with Gasteiger partial charge in [0.2, 0.25) is 0 Å². The number of rotatable bonds is 2. The first kappa shape index (κ1) is 12.1. The van der Waals surface area contributed by atoms with Crippen molar-refractivity contribution in [2.75, 3.05) is 5.75 Å². The topological polar surface area (TPSA) is 32.7 Å². The van der Waals surface area contributed by atoms with E-state index in [9.17, 15) is 13.6 Å². The molecule has 0 unspecified atom stereocenters. The van der Waals surface area contributed by atoms with Gasteiger partial charge >= 0.3 is 0 Å². The maximum atomic E-state index is 13.2. The summed E-state index contributed by atoms with van der Waals surface area (Å²) in [7, 11) is 0. The van der Waals surface area contributed by atoms with Gasteiger partial charge in [-0.2, -0.15) is 10.1 Å². The van der Waals surface area contributed by atoms with Gasteiger partial charge < -0.3 is 0 Å². The summed E-state index contributed by atoms with van der Waals surface area (Å²) in [6, 6.07) is 3.48. The minimum absolute atomic E-state index is 0.204. The number of hydrogen-bond donors (Lipinski definition) is 0. The molecule has 7 heteroatoms. The molecule has 1 saturated heterocycles. The molecule has 0 atom stereocenters. The zero-order valence-corrected chi connectivity index (χ0v) is 10.0. The Labute approximate surface area is 105 Å². The van der Waals surface area contributed by atoms with Gasteiger partial charge in [-0.1, -0.05) is 30.0 Å². The number of carbonyl (C=O) groups is 1. The van der Waals surface area contributed by atoms with E-state index in [-0.39, 0.29) is 21.5 Å². The molecule has 1 fully saturated rings. The molecular weight excluding hydrogens is 266 g/mol. The fourth-order valence-electron chi connectivity index (χ4n) is 1.21. The highest BCUT2D eigenvalue weighted by molar-refractivity contribution is 8.23. The highest BCUT2D eigenvalue weighted by Gasteiger charge is 2.26. The summed E-state index contributed by atoms with van der Waals surface area (Å²) in [5.74, 6) is -1.57. The number of halogens is 2. The van der Waals surface area contributed by atoms with Crippen LogP contribution in [0, 0.1) is 11.6 Å². The van der Waals surface area contributed by atoms with Crippen molar-refractivity contribution in [3.63, 3.8) is 0 Å². The third-order valence-corrected chi connectivity index (χ3v) is 3.37. The maximum Gasteiger partial charge on any atom is 0.259 e. The second-order valence-electron chi connectivity index (χ2n) is 3.14. The molecule has 0 N–H and O–H groups in total. The van der Waals surface area contributed by atoms with E-state index in [0.29, 0.717) is 0 Å². The molecule has 1 heterocycles. The molecule has 3 nitrogen and oxygen atoms in total. The summed E-state index contributed by atoms with van der Waals surface area (Å²) < 4.78 is 26.8. The van der Waals surface area contributed by atoms with Crippen LogP contribution in [0.15, 0.2) is 23.3 Å². The average Bonchev–Trinajstić information content (AvgIpc) is 2.59. The Bertz CT molecular complexity index is 483. The number of hydrogen-bond acceptors (Lipinski definition) is 4. The summed E-state index contributed by atoms with van der Waals surface area (Å²) in [5.41, 5.74) is -0.292. The monoisotopic (exact) mass is 272 g/mol. The number of carbonyl (C=O) groups excluding carboxylic acids is 1. The average molecular weight is 272 g/mol. The van der Waals surface area contributed by atoms with Gasteiger partial charge in [-0.25, -0.2) is 8.78 Å². The molecule has 1 aromatic rings.